The molecule has 1 N–H and O–H groups in total. The lowest BCUT2D eigenvalue weighted by Gasteiger charge is -2.10. The summed E-state index contributed by atoms with van der Waals surface area (Å²) >= 11 is 5.91. The van der Waals surface area contributed by atoms with Crippen LogP contribution in [0.5, 0.6) is 5.75 Å². The van der Waals surface area contributed by atoms with Crippen LogP contribution in [-0.2, 0) is 0 Å². The molecular weight excluding hydrogens is 258 g/mol. The molecule has 0 unspecified atom stereocenters. The molecule has 2 aromatic rings. The number of ether oxygens (including phenoxy) is 1. The predicted molar refractivity (Wildman–Crippen MR) is 81.4 cm³/mol. The Balaban J connectivity index is 1.79. The van der Waals surface area contributed by atoms with E-state index in [0.29, 0.717) is 6.61 Å². The van der Waals surface area contributed by atoms with Crippen molar-refractivity contribution in [1.82, 2.24) is 0 Å². The molecule has 2 nitrogen and oxygen atoms in total. The molecule has 0 aliphatic carbocycles. The summed E-state index contributed by atoms with van der Waals surface area (Å²) in [4.78, 5) is 0. The first kappa shape index (κ1) is 13.8. The molecule has 100 valence electrons. The summed E-state index contributed by atoms with van der Waals surface area (Å²) in [5, 5.41) is 4.01. The van der Waals surface area contributed by atoms with Crippen molar-refractivity contribution >= 4 is 17.3 Å². The van der Waals surface area contributed by atoms with Crippen LogP contribution >= 0.6 is 11.6 Å². The van der Waals surface area contributed by atoms with E-state index in [1.165, 1.54) is 11.1 Å². The molecular formula is C16H18ClNO. The first-order valence-electron chi connectivity index (χ1n) is 6.34. The van der Waals surface area contributed by atoms with Gasteiger partial charge in [0.15, 0.2) is 0 Å². The molecule has 2 aromatic carbocycles. The van der Waals surface area contributed by atoms with Crippen LogP contribution in [0.2, 0.25) is 5.02 Å². The zero-order chi connectivity index (χ0) is 13.7. The van der Waals surface area contributed by atoms with Crippen molar-refractivity contribution in [3.05, 3.63) is 58.6 Å². The van der Waals surface area contributed by atoms with Gasteiger partial charge >= 0.3 is 0 Å². The van der Waals surface area contributed by atoms with Gasteiger partial charge in [0.1, 0.15) is 12.4 Å². The predicted octanol–water partition coefficient (Wildman–Crippen LogP) is 4.45. The van der Waals surface area contributed by atoms with Crippen molar-refractivity contribution in [2.24, 2.45) is 0 Å². The molecule has 0 fully saturated rings. The molecule has 0 amide bonds. The minimum absolute atomic E-state index is 0.620. The fourth-order valence-corrected chi connectivity index (χ4v) is 1.96. The second-order valence-corrected chi connectivity index (χ2v) is 4.97. The molecule has 0 aliphatic rings. The van der Waals surface area contributed by atoms with E-state index < -0.39 is 0 Å². The Morgan fingerprint density at radius 2 is 1.89 bits per heavy atom. The number of hydrogen-bond donors (Lipinski definition) is 1. The zero-order valence-electron chi connectivity index (χ0n) is 11.2. The van der Waals surface area contributed by atoms with Crippen molar-refractivity contribution in [2.75, 3.05) is 18.5 Å². The van der Waals surface area contributed by atoms with Gasteiger partial charge in [0.25, 0.3) is 0 Å². The number of benzene rings is 2. The molecule has 0 saturated carbocycles. The second kappa shape index (κ2) is 6.48. The molecule has 0 saturated heterocycles. The molecule has 0 aromatic heterocycles. The summed E-state index contributed by atoms with van der Waals surface area (Å²) < 4.78 is 5.70. The van der Waals surface area contributed by atoms with Gasteiger partial charge in [-0.25, -0.2) is 0 Å². The van der Waals surface area contributed by atoms with Crippen LogP contribution in [0.3, 0.4) is 0 Å². The van der Waals surface area contributed by atoms with E-state index in [1.807, 2.05) is 30.3 Å². The second-order valence-electron chi connectivity index (χ2n) is 4.53. The summed E-state index contributed by atoms with van der Waals surface area (Å²) in [5.41, 5.74) is 3.54. The Hall–Kier alpha value is -1.67. The Bertz CT molecular complexity index is 554. The normalized spacial score (nSPS) is 10.3. The largest absolute Gasteiger partial charge is 0.492 e. The van der Waals surface area contributed by atoms with Crippen molar-refractivity contribution < 1.29 is 4.74 Å². The minimum Gasteiger partial charge on any atom is -0.492 e. The molecule has 0 bridgehead atoms. The van der Waals surface area contributed by atoms with Gasteiger partial charge in [-0.2, -0.15) is 0 Å². The van der Waals surface area contributed by atoms with Crippen LogP contribution in [-0.4, -0.2) is 13.2 Å². The fraction of sp³-hybridized carbons (Fsp3) is 0.250. The SMILES string of the molecule is Cc1ccc(OCCNc2cccc(Cl)c2)cc1C. The summed E-state index contributed by atoms with van der Waals surface area (Å²) in [6.45, 7) is 5.55. The van der Waals surface area contributed by atoms with E-state index >= 15 is 0 Å². The summed E-state index contributed by atoms with van der Waals surface area (Å²) in [7, 11) is 0. The van der Waals surface area contributed by atoms with E-state index in [-0.39, 0.29) is 0 Å². The molecule has 0 spiro atoms. The molecule has 0 heterocycles. The maximum absolute atomic E-state index is 5.91. The topological polar surface area (TPSA) is 21.3 Å². The standard InChI is InChI=1S/C16H18ClNO/c1-12-6-7-16(10-13(12)2)19-9-8-18-15-5-3-4-14(17)11-15/h3-7,10-11,18H,8-9H2,1-2H3. The minimum atomic E-state index is 0.620. The maximum Gasteiger partial charge on any atom is 0.119 e. The Morgan fingerprint density at radius 3 is 2.63 bits per heavy atom. The highest BCUT2D eigenvalue weighted by Crippen LogP contribution is 2.17. The quantitative estimate of drug-likeness (QED) is 0.814. The first-order valence-corrected chi connectivity index (χ1v) is 6.72. The Labute approximate surface area is 119 Å². The maximum atomic E-state index is 5.91. The Kier molecular flexibility index (Phi) is 4.69. The van der Waals surface area contributed by atoms with Gasteiger partial charge in [-0.3, -0.25) is 0 Å². The van der Waals surface area contributed by atoms with Crippen LogP contribution in [0.25, 0.3) is 0 Å². The number of hydrogen-bond acceptors (Lipinski definition) is 2. The van der Waals surface area contributed by atoms with Crippen LogP contribution < -0.4 is 10.1 Å². The number of halogens is 1. The van der Waals surface area contributed by atoms with Gasteiger partial charge in [-0.1, -0.05) is 23.7 Å². The van der Waals surface area contributed by atoms with Crippen LogP contribution in [0.4, 0.5) is 5.69 Å². The third kappa shape index (κ3) is 4.18. The highest BCUT2D eigenvalue weighted by molar-refractivity contribution is 6.30. The van der Waals surface area contributed by atoms with Crippen molar-refractivity contribution in [2.45, 2.75) is 13.8 Å². The lowest BCUT2D eigenvalue weighted by atomic mass is 10.1. The fourth-order valence-electron chi connectivity index (χ4n) is 1.77. The highest BCUT2D eigenvalue weighted by Gasteiger charge is 1.97. The zero-order valence-corrected chi connectivity index (χ0v) is 12.0. The summed E-state index contributed by atoms with van der Waals surface area (Å²) in [6, 6.07) is 13.8. The smallest absolute Gasteiger partial charge is 0.119 e. The van der Waals surface area contributed by atoms with Crippen molar-refractivity contribution in [1.29, 1.82) is 0 Å². The average molecular weight is 276 g/mol. The van der Waals surface area contributed by atoms with Gasteiger partial charge in [0.05, 0.1) is 0 Å². The van der Waals surface area contributed by atoms with E-state index in [4.69, 9.17) is 16.3 Å². The number of anilines is 1. The molecule has 0 radical (unpaired) electrons. The van der Waals surface area contributed by atoms with Gasteiger partial charge in [0, 0.05) is 17.3 Å². The molecule has 3 heteroatoms. The van der Waals surface area contributed by atoms with Crippen LogP contribution in [0.1, 0.15) is 11.1 Å². The first-order chi connectivity index (χ1) is 9.15. The Morgan fingerprint density at radius 1 is 1.05 bits per heavy atom. The summed E-state index contributed by atoms with van der Waals surface area (Å²) in [6.07, 6.45) is 0. The van der Waals surface area contributed by atoms with Crippen molar-refractivity contribution in [3.63, 3.8) is 0 Å². The van der Waals surface area contributed by atoms with Gasteiger partial charge in [-0.15, -0.1) is 0 Å². The monoisotopic (exact) mass is 275 g/mol. The van der Waals surface area contributed by atoms with E-state index in [1.54, 1.807) is 0 Å². The molecule has 0 aliphatic heterocycles. The number of aryl methyl sites for hydroxylation is 2. The average Bonchev–Trinajstić information content (AvgIpc) is 2.39. The summed E-state index contributed by atoms with van der Waals surface area (Å²) in [5.74, 6) is 0.913. The van der Waals surface area contributed by atoms with Crippen molar-refractivity contribution in [3.8, 4) is 5.75 Å². The lowest BCUT2D eigenvalue weighted by Crippen LogP contribution is -2.11. The molecule has 2 rings (SSSR count). The van der Waals surface area contributed by atoms with Crippen LogP contribution in [0.15, 0.2) is 42.5 Å². The molecule has 0 atom stereocenters. The number of rotatable bonds is 5. The van der Waals surface area contributed by atoms with E-state index in [0.717, 1.165) is 23.0 Å². The highest BCUT2D eigenvalue weighted by atomic mass is 35.5. The molecule has 19 heavy (non-hydrogen) atoms. The third-order valence-electron chi connectivity index (χ3n) is 3.00. The number of nitrogens with one attached hydrogen (secondary N) is 1. The van der Waals surface area contributed by atoms with E-state index in [2.05, 4.69) is 31.3 Å². The van der Waals surface area contributed by atoms with Gasteiger partial charge in [0.2, 0.25) is 0 Å². The van der Waals surface area contributed by atoms with E-state index in [9.17, 15) is 0 Å². The third-order valence-corrected chi connectivity index (χ3v) is 3.24. The lowest BCUT2D eigenvalue weighted by molar-refractivity contribution is 0.332. The van der Waals surface area contributed by atoms with Crippen LogP contribution in [0, 0.1) is 13.8 Å². The van der Waals surface area contributed by atoms with Gasteiger partial charge in [-0.05, 0) is 55.3 Å². The van der Waals surface area contributed by atoms with Gasteiger partial charge < -0.3 is 10.1 Å².